The van der Waals surface area contributed by atoms with Gasteiger partial charge in [-0.2, -0.15) is 18.3 Å². The van der Waals surface area contributed by atoms with Gasteiger partial charge in [0.1, 0.15) is 0 Å². The number of rotatable bonds is 3. The van der Waals surface area contributed by atoms with Gasteiger partial charge in [-0.25, -0.2) is 0 Å². The normalized spacial score (nSPS) is 16.3. The fourth-order valence-electron chi connectivity index (χ4n) is 1.85. The number of alkyl halides is 3. The third-order valence-corrected chi connectivity index (χ3v) is 2.93. The van der Waals surface area contributed by atoms with Crippen LogP contribution in [0.15, 0.2) is 33.5 Å². The molecule has 0 aliphatic carbocycles. The summed E-state index contributed by atoms with van der Waals surface area (Å²) in [6, 6.07) is 3.11. The van der Waals surface area contributed by atoms with Crippen molar-refractivity contribution in [2.75, 3.05) is 19.5 Å². The molecular weight excluding hydrogens is 313 g/mol. The molecular formula is C13H15F3N6O. The summed E-state index contributed by atoms with van der Waals surface area (Å²) in [5.74, 6) is 0.430. The monoisotopic (exact) mass is 328 g/mol. The summed E-state index contributed by atoms with van der Waals surface area (Å²) in [5.41, 5.74) is 7.65. The molecule has 7 nitrogen and oxygen atoms in total. The van der Waals surface area contributed by atoms with Crippen molar-refractivity contribution in [3.63, 3.8) is 0 Å². The summed E-state index contributed by atoms with van der Waals surface area (Å²) in [4.78, 5) is 1.62. The van der Waals surface area contributed by atoms with Crippen LogP contribution in [0.1, 0.15) is 11.1 Å². The predicted molar refractivity (Wildman–Crippen MR) is 81.2 cm³/mol. The van der Waals surface area contributed by atoms with Gasteiger partial charge >= 0.3 is 6.18 Å². The molecule has 4 N–H and O–H groups in total. The Hall–Kier alpha value is -2.62. The van der Waals surface area contributed by atoms with Crippen LogP contribution in [-0.2, 0) is 12.8 Å². The van der Waals surface area contributed by atoms with Gasteiger partial charge in [0.15, 0.2) is 17.4 Å². The second kappa shape index (κ2) is 6.24. The summed E-state index contributed by atoms with van der Waals surface area (Å²) < 4.78 is 38.5. The van der Waals surface area contributed by atoms with E-state index < -0.39 is 18.3 Å². The molecule has 124 valence electrons. The Morgan fingerprint density at radius 2 is 1.96 bits per heavy atom. The number of aliphatic hydroxyl groups is 1. The zero-order valence-electron chi connectivity index (χ0n) is 12.4. The summed E-state index contributed by atoms with van der Waals surface area (Å²) in [7, 11) is 3.41. The Morgan fingerprint density at radius 3 is 2.52 bits per heavy atom. The van der Waals surface area contributed by atoms with Crippen LogP contribution in [0.4, 0.5) is 18.9 Å². The second-order valence-electron chi connectivity index (χ2n) is 4.95. The lowest BCUT2D eigenvalue weighted by molar-refractivity contribution is -0.137. The van der Waals surface area contributed by atoms with Gasteiger partial charge in [0.25, 0.3) is 0 Å². The van der Waals surface area contributed by atoms with E-state index in [0.717, 1.165) is 12.1 Å². The van der Waals surface area contributed by atoms with Gasteiger partial charge in [-0.15, -0.1) is 10.2 Å². The molecule has 2 rings (SSSR count). The van der Waals surface area contributed by atoms with Gasteiger partial charge in [-0.1, -0.05) is 0 Å². The third kappa shape index (κ3) is 3.77. The number of nitrogens with zero attached hydrogens (tertiary/aromatic N) is 4. The highest BCUT2D eigenvalue weighted by atomic mass is 19.4. The fraction of sp³-hybridized carbons (Fsp3) is 0.308. The molecule has 1 heterocycles. The van der Waals surface area contributed by atoms with Crippen molar-refractivity contribution in [2.45, 2.75) is 12.8 Å². The Balaban J connectivity index is 2.32. The van der Waals surface area contributed by atoms with Crippen molar-refractivity contribution >= 4 is 23.1 Å². The van der Waals surface area contributed by atoms with E-state index in [1.54, 1.807) is 19.0 Å². The molecule has 1 aromatic carbocycles. The quantitative estimate of drug-likeness (QED) is 0.726. The molecule has 0 aromatic heterocycles. The van der Waals surface area contributed by atoms with Crippen LogP contribution in [0.5, 0.6) is 0 Å². The Labute approximate surface area is 130 Å². The average molecular weight is 328 g/mol. The molecule has 0 spiro atoms. The maximum atomic E-state index is 12.8. The maximum Gasteiger partial charge on any atom is 0.416 e. The smallest absolute Gasteiger partial charge is 0.392 e. The van der Waals surface area contributed by atoms with Crippen molar-refractivity contribution in [3.8, 4) is 0 Å². The number of nitrogens with one attached hydrogen (secondary N) is 1. The predicted octanol–water partition coefficient (Wildman–Crippen LogP) is 1.21. The molecule has 0 unspecified atom stereocenters. The SMILES string of the molecule is CN(C)C1=NN=C(N)/C1=N/Nc1cc(CO)cc(C(F)(F)F)c1. The van der Waals surface area contributed by atoms with E-state index in [0.29, 0.717) is 5.84 Å². The van der Waals surface area contributed by atoms with E-state index in [9.17, 15) is 13.2 Å². The molecule has 0 saturated carbocycles. The van der Waals surface area contributed by atoms with E-state index in [1.165, 1.54) is 6.07 Å². The summed E-state index contributed by atoms with van der Waals surface area (Å²) in [6.07, 6.45) is -4.53. The van der Waals surface area contributed by atoms with Gasteiger partial charge in [-0.05, 0) is 23.8 Å². The molecule has 0 radical (unpaired) electrons. The van der Waals surface area contributed by atoms with Crippen LogP contribution in [0, 0.1) is 0 Å². The number of nitrogens with two attached hydrogens (primary N) is 1. The number of hydrogen-bond acceptors (Lipinski definition) is 7. The number of benzene rings is 1. The average Bonchev–Trinajstić information content (AvgIpc) is 2.85. The number of amidine groups is 2. The lowest BCUT2D eigenvalue weighted by Crippen LogP contribution is -2.36. The van der Waals surface area contributed by atoms with Gasteiger partial charge in [-0.3, -0.25) is 5.43 Å². The zero-order chi connectivity index (χ0) is 17.2. The molecule has 10 heteroatoms. The zero-order valence-corrected chi connectivity index (χ0v) is 12.4. The minimum atomic E-state index is -4.53. The van der Waals surface area contributed by atoms with Gasteiger partial charge < -0.3 is 15.7 Å². The topological polar surface area (TPSA) is 98.6 Å². The first-order valence-electron chi connectivity index (χ1n) is 6.47. The lowest BCUT2D eigenvalue weighted by Gasteiger charge is -2.13. The maximum absolute atomic E-state index is 12.8. The standard InChI is InChI=1S/C13H15F3N6O/c1-22(2)12-10(11(17)20-21-12)19-18-9-4-7(6-23)3-8(5-9)13(14,15)16/h3-5,18,23H,6H2,1-2H3,(H2,17,19,20). The Kier molecular flexibility index (Phi) is 4.55. The first kappa shape index (κ1) is 16.7. The van der Waals surface area contributed by atoms with Crippen LogP contribution in [0.25, 0.3) is 0 Å². The Morgan fingerprint density at radius 1 is 1.26 bits per heavy atom. The van der Waals surface area contributed by atoms with Crippen molar-refractivity contribution in [3.05, 3.63) is 29.3 Å². The van der Waals surface area contributed by atoms with E-state index >= 15 is 0 Å². The number of hydrogen-bond donors (Lipinski definition) is 3. The molecule has 23 heavy (non-hydrogen) atoms. The van der Waals surface area contributed by atoms with Crippen LogP contribution < -0.4 is 11.2 Å². The van der Waals surface area contributed by atoms with Crippen molar-refractivity contribution in [2.24, 2.45) is 21.0 Å². The van der Waals surface area contributed by atoms with Crippen molar-refractivity contribution < 1.29 is 18.3 Å². The number of hydrazone groups is 1. The minimum Gasteiger partial charge on any atom is -0.392 e. The first-order valence-corrected chi connectivity index (χ1v) is 6.47. The third-order valence-electron chi connectivity index (χ3n) is 2.93. The molecule has 0 atom stereocenters. The largest absolute Gasteiger partial charge is 0.416 e. The van der Waals surface area contributed by atoms with Gasteiger partial charge in [0.2, 0.25) is 0 Å². The van der Waals surface area contributed by atoms with Crippen LogP contribution >= 0.6 is 0 Å². The summed E-state index contributed by atoms with van der Waals surface area (Å²) >= 11 is 0. The molecule has 1 aliphatic rings. The van der Waals surface area contributed by atoms with E-state index in [4.69, 9.17) is 10.8 Å². The molecule has 0 fully saturated rings. The minimum absolute atomic E-state index is 0.0514. The van der Waals surface area contributed by atoms with Gasteiger partial charge in [0, 0.05) is 14.1 Å². The summed E-state index contributed by atoms with van der Waals surface area (Å²) in [5, 5.41) is 20.5. The second-order valence-corrected chi connectivity index (χ2v) is 4.95. The lowest BCUT2D eigenvalue weighted by atomic mass is 10.1. The molecule has 1 aliphatic heterocycles. The van der Waals surface area contributed by atoms with Crippen molar-refractivity contribution in [1.82, 2.24) is 4.90 Å². The van der Waals surface area contributed by atoms with E-state index in [-0.39, 0.29) is 22.8 Å². The molecule has 0 amide bonds. The highest BCUT2D eigenvalue weighted by molar-refractivity contribution is 6.68. The first-order chi connectivity index (χ1) is 10.7. The Bertz CT molecular complexity index is 693. The molecule has 1 aromatic rings. The molecule has 0 saturated heterocycles. The van der Waals surface area contributed by atoms with Crippen LogP contribution in [0.2, 0.25) is 0 Å². The number of halogens is 3. The number of aliphatic hydroxyl groups excluding tert-OH is 1. The van der Waals surface area contributed by atoms with Crippen LogP contribution in [0.3, 0.4) is 0 Å². The summed E-state index contributed by atoms with van der Waals surface area (Å²) in [6.45, 7) is -0.525. The molecule has 0 bridgehead atoms. The van der Waals surface area contributed by atoms with E-state index in [2.05, 4.69) is 20.7 Å². The highest BCUT2D eigenvalue weighted by Crippen LogP contribution is 2.32. The fourth-order valence-corrected chi connectivity index (χ4v) is 1.85. The van der Waals surface area contributed by atoms with Gasteiger partial charge in [0.05, 0.1) is 17.9 Å². The number of anilines is 1. The van der Waals surface area contributed by atoms with Crippen molar-refractivity contribution in [1.29, 1.82) is 0 Å². The van der Waals surface area contributed by atoms with Crippen LogP contribution in [-0.4, -0.2) is 41.5 Å². The highest BCUT2D eigenvalue weighted by Gasteiger charge is 2.31. The van der Waals surface area contributed by atoms with E-state index in [1.807, 2.05) is 0 Å².